The Morgan fingerprint density at radius 1 is 1.19 bits per heavy atom. The number of benzene rings is 1. The summed E-state index contributed by atoms with van der Waals surface area (Å²) in [6, 6.07) is 7.47. The fraction of sp³-hybridized carbons (Fsp3) is 0.679. The molecule has 1 unspecified atom stereocenters. The van der Waals surface area contributed by atoms with E-state index in [1.54, 1.807) is 12.1 Å². The van der Waals surface area contributed by atoms with Crippen molar-refractivity contribution in [3.05, 3.63) is 48.3 Å². The molecule has 1 aromatic rings. The van der Waals surface area contributed by atoms with Crippen LogP contribution in [0, 0.1) is 23.6 Å². The molecule has 1 fully saturated rings. The maximum absolute atomic E-state index is 13.6. The highest BCUT2D eigenvalue weighted by Gasteiger charge is 2.36. The van der Waals surface area contributed by atoms with Gasteiger partial charge in [0, 0.05) is 12.5 Å². The van der Waals surface area contributed by atoms with Crippen molar-refractivity contribution < 1.29 is 13.9 Å². The van der Waals surface area contributed by atoms with E-state index in [1.165, 1.54) is 12.0 Å². The molecular formula is C28H44FNO2. The minimum atomic E-state index is -0.195. The van der Waals surface area contributed by atoms with Gasteiger partial charge in [-0.15, -0.1) is 6.58 Å². The van der Waals surface area contributed by atoms with Crippen molar-refractivity contribution in [1.82, 2.24) is 4.90 Å². The summed E-state index contributed by atoms with van der Waals surface area (Å²) in [5.41, 5.74) is 1.19. The molecule has 4 heteroatoms. The van der Waals surface area contributed by atoms with Crippen LogP contribution in [0.1, 0.15) is 84.1 Å². The molecule has 1 aromatic carbocycles. The van der Waals surface area contributed by atoms with Crippen LogP contribution in [0.4, 0.5) is 4.39 Å². The minimum Gasteiger partial charge on any atom is -0.466 e. The average molecular weight is 446 g/mol. The number of rotatable bonds is 13. The highest BCUT2D eigenvalue weighted by molar-refractivity contribution is 5.69. The molecule has 0 heterocycles. The smallest absolute Gasteiger partial charge is 0.306 e. The fourth-order valence-corrected chi connectivity index (χ4v) is 4.99. The summed E-state index contributed by atoms with van der Waals surface area (Å²) in [4.78, 5) is 14.8. The molecule has 0 aromatic heterocycles. The summed E-state index contributed by atoms with van der Waals surface area (Å²) in [7, 11) is 0. The number of halogens is 1. The van der Waals surface area contributed by atoms with Crippen LogP contribution in [0.3, 0.4) is 0 Å². The van der Waals surface area contributed by atoms with E-state index in [0.717, 1.165) is 45.2 Å². The van der Waals surface area contributed by atoms with Gasteiger partial charge in [-0.2, -0.15) is 0 Å². The maximum Gasteiger partial charge on any atom is 0.306 e. The van der Waals surface area contributed by atoms with Crippen molar-refractivity contribution in [1.29, 1.82) is 0 Å². The van der Waals surface area contributed by atoms with Gasteiger partial charge in [0.05, 0.1) is 6.61 Å². The SMILES string of the molecule is C=CC(C)CCCN(CCC(C)C)[C@@H]1CC[C@@H](CC(=O)OCC)C[C@H]1c1ccc(F)cc1. The lowest BCUT2D eigenvalue weighted by molar-refractivity contribution is -0.144. The van der Waals surface area contributed by atoms with Crippen molar-refractivity contribution in [2.75, 3.05) is 19.7 Å². The van der Waals surface area contributed by atoms with E-state index in [4.69, 9.17) is 4.74 Å². The van der Waals surface area contributed by atoms with E-state index >= 15 is 0 Å². The average Bonchev–Trinajstić information content (AvgIpc) is 2.76. The number of allylic oxidation sites excluding steroid dienone is 1. The standard InChI is InChI=1S/C28H44FNO2/c1-6-22(5)9-8-17-30(18-16-21(3)4)27-15-10-23(20-28(31)32-7-2)19-26(27)24-11-13-25(29)14-12-24/h6,11-14,21-23,26-27H,1,7-10,15-20H2,2-5H3/t22?,23-,26+,27-/m1/s1. The van der Waals surface area contributed by atoms with Crippen molar-refractivity contribution in [3.63, 3.8) is 0 Å². The lowest BCUT2D eigenvalue weighted by atomic mass is 9.73. The Bertz CT molecular complexity index is 687. The Kier molecular flexibility index (Phi) is 11.4. The van der Waals surface area contributed by atoms with E-state index in [9.17, 15) is 9.18 Å². The molecule has 180 valence electrons. The van der Waals surface area contributed by atoms with Gasteiger partial charge in [0.15, 0.2) is 0 Å². The molecule has 0 amide bonds. The third-order valence-electron chi connectivity index (χ3n) is 6.95. The maximum atomic E-state index is 13.6. The number of nitrogens with zero attached hydrogens (tertiary/aromatic N) is 1. The molecule has 0 bridgehead atoms. The molecule has 0 spiro atoms. The number of carbonyl (C=O) groups excluding carboxylic acids is 1. The molecule has 0 N–H and O–H groups in total. The van der Waals surface area contributed by atoms with Crippen LogP contribution in [0.25, 0.3) is 0 Å². The third-order valence-corrected chi connectivity index (χ3v) is 6.95. The topological polar surface area (TPSA) is 29.5 Å². The first-order valence-electron chi connectivity index (χ1n) is 12.6. The van der Waals surface area contributed by atoms with Gasteiger partial charge in [0.25, 0.3) is 0 Å². The first kappa shape index (κ1) is 26.6. The lowest BCUT2D eigenvalue weighted by Gasteiger charge is -2.43. The molecule has 4 atom stereocenters. The van der Waals surface area contributed by atoms with E-state index in [-0.39, 0.29) is 11.8 Å². The van der Waals surface area contributed by atoms with Crippen LogP contribution >= 0.6 is 0 Å². The monoisotopic (exact) mass is 445 g/mol. The van der Waals surface area contributed by atoms with Gasteiger partial charge < -0.3 is 4.74 Å². The first-order chi connectivity index (χ1) is 15.3. The molecule has 1 aliphatic rings. The Morgan fingerprint density at radius 3 is 2.53 bits per heavy atom. The molecule has 0 saturated heterocycles. The van der Waals surface area contributed by atoms with Crippen LogP contribution in [0.2, 0.25) is 0 Å². The van der Waals surface area contributed by atoms with Gasteiger partial charge in [0.1, 0.15) is 5.82 Å². The van der Waals surface area contributed by atoms with Gasteiger partial charge in [-0.05, 0) is 99.9 Å². The zero-order valence-electron chi connectivity index (χ0n) is 20.7. The zero-order chi connectivity index (χ0) is 23.5. The largest absolute Gasteiger partial charge is 0.466 e. The Hall–Kier alpha value is -1.68. The Labute approximate surface area is 195 Å². The second kappa shape index (κ2) is 13.8. The lowest BCUT2D eigenvalue weighted by Crippen LogP contribution is -2.44. The number of ether oxygens (including phenoxy) is 1. The van der Waals surface area contributed by atoms with Crippen molar-refractivity contribution in [2.24, 2.45) is 17.8 Å². The molecule has 2 rings (SSSR count). The number of esters is 1. The van der Waals surface area contributed by atoms with Crippen LogP contribution < -0.4 is 0 Å². The van der Waals surface area contributed by atoms with Gasteiger partial charge in [-0.1, -0.05) is 39.0 Å². The Morgan fingerprint density at radius 2 is 1.91 bits per heavy atom. The zero-order valence-corrected chi connectivity index (χ0v) is 20.7. The molecule has 1 aliphatic carbocycles. The summed E-state index contributed by atoms with van der Waals surface area (Å²) in [6.45, 7) is 15.2. The highest BCUT2D eigenvalue weighted by atomic mass is 19.1. The molecule has 0 radical (unpaired) electrons. The quantitative estimate of drug-likeness (QED) is 0.242. The van der Waals surface area contributed by atoms with E-state index < -0.39 is 0 Å². The van der Waals surface area contributed by atoms with Crippen LogP contribution in [0.5, 0.6) is 0 Å². The van der Waals surface area contributed by atoms with Crippen molar-refractivity contribution in [3.8, 4) is 0 Å². The molecule has 3 nitrogen and oxygen atoms in total. The second-order valence-corrected chi connectivity index (χ2v) is 9.99. The first-order valence-corrected chi connectivity index (χ1v) is 12.6. The van der Waals surface area contributed by atoms with Crippen molar-refractivity contribution in [2.45, 2.75) is 84.6 Å². The number of carbonyl (C=O) groups is 1. The fourth-order valence-electron chi connectivity index (χ4n) is 4.99. The van der Waals surface area contributed by atoms with Gasteiger partial charge in [-0.25, -0.2) is 4.39 Å². The van der Waals surface area contributed by atoms with Crippen LogP contribution in [-0.2, 0) is 9.53 Å². The molecule has 0 aliphatic heterocycles. The number of hydrogen-bond acceptors (Lipinski definition) is 3. The van der Waals surface area contributed by atoms with Gasteiger partial charge in [-0.3, -0.25) is 9.69 Å². The summed E-state index contributed by atoms with van der Waals surface area (Å²) in [6.07, 6.45) is 9.09. The van der Waals surface area contributed by atoms with Gasteiger partial charge in [0.2, 0.25) is 0 Å². The van der Waals surface area contributed by atoms with E-state index in [2.05, 4.69) is 32.3 Å². The van der Waals surface area contributed by atoms with Crippen LogP contribution in [0.15, 0.2) is 36.9 Å². The number of hydrogen-bond donors (Lipinski definition) is 0. The normalized spacial score (nSPS) is 22.2. The summed E-state index contributed by atoms with van der Waals surface area (Å²) in [5, 5.41) is 0. The molecule has 32 heavy (non-hydrogen) atoms. The summed E-state index contributed by atoms with van der Waals surface area (Å²) < 4.78 is 18.9. The Balaban J connectivity index is 2.20. The predicted molar refractivity (Wildman–Crippen MR) is 131 cm³/mol. The summed E-state index contributed by atoms with van der Waals surface area (Å²) in [5.74, 6) is 1.55. The van der Waals surface area contributed by atoms with Gasteiger partial charge >= 0.3 is 5.97 Å². The van der Waals surface area contributed by atoms with E-state index in [0.29, 0.717) is 42.7 Å². The predicted octanol–water partition coefficient (Wildman–Crippen LogP) is 6.98. The summed E-state index contributed by atoms with van der Waals surface area (Å²) >= 11 is 0. The van der Waals surface area contributed by atoms with E-state index in [1.807, 2.05) is 25.1 Å². The molecule has 1 saturated carbocycles. The third kappa shape index (κ3) is 8.69. The second-order valence-electron chi connectivity index (χ2n) is 9.99. The minimum absolute atomic E-state index is 0.0936. The molecular weight excluding hydrogens is 401 g/mol. The highest BCUT2D eigenvalue weighted by Crippen LogP contribution is 2.41. The van der Waals surface area contributed by atoms with Crippen LogP contribution in [-0.4, -0.2) is 36.6 Å². The van der Waals surface area contributed by atoms with Crippen molar-refractivity contribution >= 4 is 5.97 Å².